The number of halogens is 1. The lowest BCUT2D eigenvalue weighted by atomic mass is 9.77. The SMILES string of the molecule is CCCCC(CC)(CBr)Cc1cc(C)cc(C)c1. The van der Waals surface area contributed by atoms with Crippen LogP contribution < -0.4 is 0 Å². The topological polar surface area (TPSA) is 0 Å². The molecule has 0 saturated carbocycles. The molecule has 0 fully saturated rings. The highest BCUT2D eigenvalue weighted by Crippen LogP contribution is 2.35. The zero-order chi connectivity index (χ0) is 13.6. The van der Waals surface area contributed by atoms with Crippen molar-refractivity contribution in [1.29, 1.82) is 0 Å². The van der Waals surface area contributed by atoms with Crippen LogP contribution >= 0.6 is 15.9 Å². The maximum absolute atomic E-state index is 3.76. The van der Waals surface area contributed by atoms with E-state index in [4.69, 9.17) is 0 Å². The van der Waals surface area contributed by atoms with Crippen LogP contribution in [0.4, 0.5) is 0 Å². The lowest BCUT2D eigenvalue weighted by Gasteiger charge is -2.31. The number of benzene rings is 1. The van der Waals surface area contributed by atoms with Gasteiger partial charge in [-0.1, -0.05) is 71.9 Å². The van der Waals surface area contributed by atoms with E-state index in [1.807, 2.05) is 0 Å². The van der Waals surface area contributed by atoms with Gasteiger partial charge in [0.1, 0.15) is 0 Å². The van der Waals surface area contributed by atoms with E-state index >= 15 is 0 Å². The zero-order valence-electron chi connectivity index (χ0n) is 12.4. The number of aryl methyl sites for hydroxylation is 2. The van der Waals surface area contributed by atoms with Gasteiger partial charge in [0.25, 0.3) is 0 Å². The second-order valence-electron chi connectivity index (χ2n) is 5.76. The van der Waals surface area contributed by atoms with Crippen LogP contribution in [0.5, 0.6) is 0 Å². The Bertz CT molecular complexity index is 344. The molecule has 1 unspecified atom stereocenters. The van der Waals surface area contributed by atoms with E-state index in [-0.39, 0.29) is 0 Å². The first-order valence-corrected chi connectivity index (χ1v) is 8.30. The standard InChI is InChI=1S/C17H27Br/c1-5-7-8-17(6-2,13-18)12-16-10-14(3)9-15(4)11-16/h9-11H,5-8,12-13H2,1-4H3. The fraction of sp³-hybridized carbons (Fsp3) is 0.647. The number of hydrogen-bond acceptors (Lipinski definition) is 0. The molecule has 1 aromatic carbocycles. The van der Waals surface area contributed by atoms with E-state index < -0.39 is 0 Å². The van der Waals surface area contributed by atoms with Gasteiger partial charge in [0, 0.05) is 5.33 Å². The first-order valence-electron chi connectivity index (χ1n) is 7.18. The van der Waals surface area contributed by atoms with Gasteiger partial charge in [0.2, 0.25) is 0 Å². The Morgan fingerprint density at radius 1 is 1.06 bits per heavy atom. The van der Waals surface area contributed by atoms with Gasteiger partial charge in [-0.2, -0.15) is 0 Å². The molecule has 0 aliphatic heterocycles. The summed E-state index contributed by atoms with van der Waals surface area (Å²) < 4.78 is 0. The monoisotopic (exact) mass is 310 g/mol. The minimum Gasteiger partial charge on any atom is -0.0922 e. The van der Waals surface area contributed by atoms with Crippen LogP contribution in [-0.2, 0) is 6.42 Å². The fourth-order valence-electron chi connectivity index (χ4n) is 2.75. The van der Waals surface area contributed by atoms with Crippen molar-refractivity contribution in [3.8, 4) is 0 Å². The van der Waals surface area contributed by atoms with Gasteiger partial charge in [0.05, 0.1) is 0 Å². The molecular formula is C17H27Br. The van der Waals surface area contributed by atoms with E-state index in [2.05, 4.69) is 61.8 Å². The molecule has 0 spiro atoms. The molecule has 0 aliphatic rings. The van der Waals surface area contributed by atoms with Crippen molar-refractivity contribution in [2.24, 2.45) is 5.41 Å². The van der Waals surface area contributed by atoms with Crippen molar-refractivity contribution in [2.75, 3.05) is 5.33 Å². The summed E-state index contributed by atoms with van der Waals surface area (Å²) in [5.74, 6) is 0. The first kappa shape index (κ1) is 15.8. The Labute approximate surface area is 121 Å². The minimum absolute atomic E-state index is 0.441. The Kier molecular flexibility index (Phi) is 6.42. The lowest BCUT2D eigenvalue weighted by Crippen LogP contribution is -2.25. The number of unbranched alkanes of at least 4 members (excludes halogenated alkanes) is 1. The maximum Gasteiger partial charge on any atom is 0.00910 e. The van der Waals surface area contributed by atoms with Crippen molar-refractivity contribution in [3.63, 3.8) is 0 Å². The molecule has 0 heterocycles. The Morgan fingerprint density at radius 2 is 1.67 bits per heavy atom. The van der Waals surface area contributed by atoms with E-state index in [1.165, 1.54) is 48.8 Å². The summed E-state index contributed by atoms with van der Waals surface area (Å²) >= 11 is 3.76. The fourth-order valence-corrected chi connectivity index (χ4v) is 3.63. The molecule has 0 N–H and O–H groups in total. The third-order valence-electron chi connectivity index (χ3n) is 3.95. The molecule has 0 aliphatic carbocycles. The average molecular weight is 311 g/mol. The molecular weight excluding hydrogens is 284 g/mol. The van der Waals surface area contributed by atoms with E-state index in [0.717, 1.165) is 5.33 Å². The summed E-state index contributed by atoms with van der Waals surface area (Å²) in [5.41, 5.74) is 4.72. The Morgan fingerprint density at radius 3 is 2.11 bits per heavy atom. The summed E-state index contributed by atoms with van der Waals surface area (Å²) in [6, 6.07) is 6.97. The smallest absolute Gasteiger partial charge is 0.00910 e. The summed E-state index contributed by atoms with van der Waals surface area (Å²) in [5, 5.41) is 1.11. The highest BCUT2D eigenvalue weighted by atomic mass is 79.9. The second kappa shape index (κ2) is 7.33. The molecule has 1 rings (SSSR count). The van der Waals surface area contributed by atoms with Gasteiger partial charge >= 0.3 is 0 Å². The van der Waals surface area contributed by atoms with Crippen LogP contribution in [0.25, 0.3) is 0 Å². The number of alkyl halides is 1. The van der Waals surface area contributed by atoms with E-state index in [1.54, 1.807) is 0 Å². The second-order valence-corrected chi connectivity index (χ2v) is 6.32. The average Bonchev–Trinajstić information content (AvgIpc) is 2.33. The molecule has 1 atom stereocenters. The molecule has 0 nitrogen and oxygen atoms in total. The quantitative estimate of drug-likeness (QED) is 0.556. The molecule has 0 bridgehead atoms. The third kappa shape index (κ3) is 4.42. The Balaban J connectivity index is 2.88. The van der Waals surface area contributed by atoms with Crippen molar-refractivity contribution < 1.29 is 0 Å². The van der Waals surface area contributed by atoms with Gasteiger partial charge in [-0.25, -0.2) is 0 Å². The van der Waals surface area contributed by atoms with Crippen LogP contribution in [0.1, 0.15) is 56.2 Å². The normalized spacial score (nSPS) is 14.5. The van der Waals surface area contributed by atoms with Crippen LogP contribution in [0, 0.1) is 19.3 Å². The van der Waals surface area contributed by atoms with Crippen molar-refractivity contribution in [3.05, 3.63) is 34.9 Å². The number of rotatable bonds is 7. The van der Waals surface area contributed by atoms with Crippen molar-refractivity contribution in [2.45, 2.75) is 59.8 Å². The van der Waals surface area contributed by atoms with Crippen LogP contribution in [0.2, 0.25) is 0 Å². The van der Waals surface area contributed by atoms with E-state index in [0.29, 0.717) is 5.41 Å². The summed E-state index contributed by atoms with van der Waals surface area (Å²) in [6.45, 7) is 9.01. The largest absolute Gasteiger partial charge is 0.0922 e. The predicted molar refractivity (Wildman–Crippen MR) is 85.7 cm³/mol. The Hall–Kier alpha value is -0.300. The van der Waals surface area contributed by atoms with Crippen LogP contribution in [-0.4, -0.2) is 5.33 Å². The first-order chi connectivity index (χ1) is 8.55. The molecule has 1 heteroatoms. The van der Waals surface area contributed by atoms with Crippen molar-refractivity contribution >= 4 is 15.9 Å². The third-order valence-corrected chi connectivity index (χ3v) is 5.14. The van der Waals surface area contributed by atoms with Gasteiger partial charge in [0.15, 0.2) is 0 Å². The van der Waals surface area contributed by atoms with Gasteiger partial charge < -0.3 is 0 Å². The summed E-state index contributed by atoms with van der Waals surface area (Å²) in [7, 11) is 0. The van der Waals surface area contributed by atoms with Gasteiger partial charge in [-0.3, -0.25) is 0 Å². The molecule has 0 saturated heterocycles. The molecule has 18 heavy (non-hydrogen) atoms. The lowest BCUT2D eigenvalue weighted by molar-refractivity contribution is 0.284. The molecule has 1 aromatic rings. The zero-order valence-corrected chi connectivity index (χ0v) is 13.9. The van der Waals surface area contributed by atoms with Crippen LogP contribution in [0.15, 0.2) is 18.2 Å². The molecule has 0 radical (unpaired) electrons. The molecule has 0 amide bonds. The highest BCUT2D eigenvalue weighted by Gasteiger charge is 2.26. The van der Waals surface area contributed by atoms with Gasteiger partial charge in [-0.05, 0) is 44.1 Å². The van der Waals surface area contributed by atoms with E-state index in [9.17, 15) is 0 Å². The summed E-state index contributed by atoms with van der Waals surface area (Å²) in [6.07, 6.45) is 6.42. The van der Waals surface area contributed by atoms with Crippen molar-refractivity contribution in [1.82, 2.24) is 0 Å². The highest BCUT2D eigenvalue weighted by molar-refractivity contribution is 9.09. The maximum atomic E-state index is 3.76. The predicted octanol–water partition coefficient (Wildman–Crippen LogP) is 5.83. The van der Waals surface area contributed by atoms with Crippen LogP contribution in [0.3, 0.4) is 0 Å². The molecule has 0 aromatic heterocycles. The summed E-state index contributed by atoms with van der Waals surface area (Å²) in [4.78, 5) is 0. The number of hydrogen-bond donors (Lipinski definition) is 0. The van der Waals surface area contributed by atoms with Gasteiger partial charge in [-0.15, -0.1) is 0 Å². The minimum atomic E-state index is 0.441. The molecule has 102 valence electrons.